The summed E-state index contributed by atoms with van der Waals surface area (Å²) in [7, 11) is 0. The van der Waals surface area contributed by atoms with Crippen molar-refractivity contribution in [1.82, 2.24) is 9.55 Å². The van der Waals surface area contributed by atoms with E-state index in [4.69, 9.17) is 0 Å². The fourth-order valence-corrected chi connectivity index (χ4v) is 3.81. The second-order valence-electron chi connectivity index (χ2n) is 7.25. The summed E-state index contributed by atoms with van der Waals surface area (Å²) in [6, 6.07) is 29.3. The maximum atomic E-state index is 13.5. The normalized spacial score (nSPS) is 10.7. The van der Waals surface area contributed by atoms with Crippen LogP contribution in [0.1, 0.15) is 5.56 Å². The summed E-state index contributed by atoms with van der Waals surface area (Å²) in [4.78, 5) is 17.6. The van der Waals surface area contributed by atoms with Gasteiger partial charge in [0.2, 0.25) is 0 Å². The third-order valence-corrected chi connectivity index (χ3v) is 5.36. The molecule has 146 valence electrons. The van der Waals surface area contributed by atoms with Gasteiger partial charge in [-0.25, -0.2) is 0 Å². The quantitative estimate of drug-likeness (QED) is 0.397. The monoisotopic (exact) mass is 399 g/mol. The minimum Gasteiger partial charge on any atom is -0.282 e. The fraction of sp³-hybridized carbons (Fsp3) is 0. The van der Waals surface area contributed by atoms with Crippen LogP contribution >= 0.6 is 0 Å². The molecule has 0 amide bonds. The lowest BCUT2D eigenvalue weighted by Gasteiger charge is -2.13. The van der Waals surface area contributed by atoms with Crippen molar-refractivity contribution in [3.05, 3.63) is 119 Å². The van der Waals surface area contributed by atoms with E-state index in [9.17, 15) is 10.1 Å². The van der Waals surface area contributed by atoms with Crippen LogP contribution in [0.15, 0.2) is 108 Å². The van der Waals surface area contributed by atoms with Gasteiger partial charge in [-0.3, -0.25) is 14.3 Å². The molecule has 2 heterocycles. The smallest absolute Gasteiger partial charge is 0.263 e. The molecule has 0 aliphatic carbocycles. The van der Waals surface area contributed by atoms with Crippen LogP contribution in [0.5, 0.6) is 0 Å². The Morgan fingerprint density at radius 2 is 1.58 bits per heavy atom. The van der Waals surface area contributed by atoms with E-state index >= 15 is 0 Å². The standard InChI is InChI=1S/C27H17N3O/c28-16-22-8-3-4-10-25(22)26-15-23(18-30(27(26)31)24-9-5-13-29-17-24)21-12-11-19-6-1-2-7-20(19)14-21/h1-15,17-18H. The van der Waals surface area contributed by atoms with Crippen LogP contribution in [0.25, 0.3) is 38.7 Å². The predicted molar refractivity (Wildman–Crippen MR) is 123 cm³/mol. The highest BCUT2D eigenvalue weighted by Gasteiger charge is 2.14. The zero-order chi connectivity index (χ0) is 21.2. The molecule has 0 saturated heterocycles. The van der Waals surface area contributed by atoms with Gasteiger partial charge in [0.05, 0.1) is 23.5 Å². The molecule has 4 heteroatoms. The summed E-state index contributed by atoms with van der Waals surface area (Å²) in [6.45, 7) is 0. The van der Waals surface area contributed by atoms with Crippen LogP contribution < -0.4 is 5.56 Å². The first-order valence-corrected chi connectivity index (χ1v) is 9.90. The van der Waals surface area contributed by atoms with Crippen molar-refractivity contribution in [3.8, 4) is 34.0 Å². The predicted octanol–water partition coefficient (Wildman–Crippen LogP) is 5.59. The number of hydrogen-bond donors (Lipinski definition) is 0. The molecule has 0 atom stereocenters. The van der Waals surface area contributed by atoms with Crippen molar-refractivity contribution in [3.63, 3.8) is 0 Å². The Kier molecular flexibility index (Phi) is 4.62. The molecule has 0 N–H and O–H groups in total. The minimum atomic E-state index is -0.194. The van der Waals surface area contributed by atoms with E-state index in [1.807, 2.05) is 42.6 Å². The van der Waals surface area contributed by atoms with Gasteiger partial charge < -0.3 is 0 Å². The van der Waals surface area contributed by atoms with Gasteiger partial charge in [0.25, 0.3) is 5.56 Å². The van der Waals surface area contributed by atoms with Crippen LogP contribution in [-0.4, -0.2) is 9.55 Å². The summed E-state index contributed by atoms with van der Waals surface area (Å²) in [6.07, 6.45) is 5.17. The highest BCUT2D eigenvalue weighted by Crippen LogP contribution is 2.29. The molecule has 5 aromatic rings. The molecule has 0 unspecified atom stereocenters. The van der Waals surface area contributed by atoms with Gasteiger partial charge in [0.15, 0.2) is 0 Å². The molecule has 0 aliphatic heterocycles. The molecule has 2 aromatic heterocycles. The zero-order valence-electron chi connectivity index (χ0n) is 16.6. The molecule has 4 nitrogen and oxygen atoms in total. The molecule has 31 heavy (non-hydrogen) atoms. The molecule has 0 saturated carbocycles. The summed E-state index contributed by atoms with van der Waals surface area (Å²) >= 11 is 0. The van der Waals surface area contributed by atoms with Gasteiger partial charge in [-0.15, -0.1) is 0 Å². The van der Waals surface area contributed by atoms with E-state index in [1.165, 1.54) is 0 Å². The van der Waals surface area contributed by atoms with Crippen LogP contribution in [0.2, 0.25) is 0 Å². The van der Waals surface area contributed by atoms with Crippen LogP contribution in [0.3, 0.4) is 0 Å². The highest BCUT2D eigenvalue weighted by molar-refractivity contribution is 5.88. The van der Waals surface area contributed by atoms with Gasteiger partial charge >= 0.3 is 0 Å². The van der Waals surface area contributed by atoms with Crippen molar-refractivity contribution in [2.24, 2.45) is 0 Å². The second kappa shape index (κ2) is 7.74. The molecule has 3 aromatic carbocycles. The largest absolute Gasteiger partial charge is 0.282 e. The average Bonchev–Trinajstić information content (AvgIpc) is 2.84. The second-order valence-corrected chi connectivity index (χ2v) is 7.25. The zero-order valence-corrected chi connectivity index (χ0v) is 16.6. The van der Waals surface area contributed by atoms with Crippen LogP contribution in [0, 0.1) is 11.3 Å². The molecule has 0 radical (unpaired) electrons. The average molecular weight is 399 g/mol. The van der Waals surface area contributed by atoms with Gasteiger partial charge in [0, 0.05) is 23.5 Å². The van der Waals surface area contributed by atoms with Crippen molar-refractivity contribution in [1.29, 1.82) is 5.26 Å². The Morgan fingerprint density at radius 3 is 2.39 bits per heavy atom. The number of aromatic nitrogens is 2. The Morgan fingerprint density at radius 1 is 0.774 bits per heavy atom. The lowest BCUT2D eigenvalue weighted by molar-refractivity contribution is 0.983. The molecule has 5 rings (SSSR count). The molecular weight excluding hydrogens is 382 g/mol. The number of nitrogens with zero attached hydrogens (tertiary/aromatic N) is 3. The summed E-state index contributed by atoms with van der Waals surface area (Å²) in [5.41, 5.74) is 3.92. The first-order valence-electron chi connectivity index (χ1n) is 9.90. The third kappa shape index (κ3) is 3.39. The Bertz CT molecular complexity index is 1510. The van der Waals surface area contributed by atoms with Crippen LogP contribution in [-0.2, 0) is 0 Å². The topological polar surface area (TPSA) is 58.7 Å². The lowest BCUT2D eigenvalue weighted by atomic mass is 9.97. The van der Waals surface area contributed by atoms with E-state index in [1.54, 1.807) is 35.2 Å². The Hall–Kier alpha value is -4.49. The molecule has 0 bridgehead atoms. The first kappa shape index (κ1) is 18.5. The van der Waals surface area contributed by atoms with E-state index in [2.05, 4.69) is 41.4 Å². The maximum absolute atomic E-state index is 13.5. The van der Waals surface area contributed by atoms with E-state index in [-0.39, 0.29) is 5.56 Å². The first-order chi connectivity index (χ1) is 15.2. The van der Waals surface area contributed by atoms with Gasteiger partial charge in [0.1, 0.15) is 0 Å². The maximum Gasteiger partial charge on any atom is 0.263 e. The number of hydrogen-bond acceptors (Lipinski definition) is 3. The number of rotatable bonds is 3. The van der Waals surface area contributed by atoms with Crippen molar-refractivity contribution in [2.75, 3.05) is 0 Å². The third-order valence-electron chi connectivity index (χ3n) is 5.36. The fourth-order valence-electron chi connectivity index (χ4n) is 3.81. The molecular formula is C27H17N3O. The molecule has 0 spiro atoms. The van der Waals surface area contributed by atoms with E-state index < -0.39 is 0 Å². The minimum absolute atomic E-state index is 0.194. The highest BCUT2D eigenvalue weighted by atomic mass is 16.1. The van der Waals surface area contributed by atoms with Crippen LogP contribution in [0.4, 0.5) is 0 Å². The number of pyridine rings is 2. The number of nitriles is 1. The van der Waals surface area contributed by atoms with Crippen molar-refractivity contribution in [2.45, 2.75) is 0 Å². The van der Waals surface area contributed by atoms with Gasteiger partial charge in [-0.1, -0.05) is 54.6 Å². The van der Waals surface area contributed by atoms with Gasteiger partial charge in [-0.05, 0) is 52.2 Å². The Balaban J connectivity index is 1.81. The summed E-state index contributed by atoms with van der Waals surface area (Å²) in [5, 5.41) is 11.9. The summed E-state index contributed by atoms with van der Waals surface area (Å²) in [5.74, 6) is 0. The molecule has 0 fully saturated rings. The number of benzene rings is 3. The van der Waals surface area contributed by atoms with E-state index in [0.29, 0.717) is 22.4 Å². The van der Waals surface area contributed by atoms with Crippen molar-refractivity contribution >= 4 is 10.8 Å². The van der Waals surface area contributed by atoms with Crippen molar-refractivity contribution < 1.29 is 0 Å². The van der Waals surface area contributed by atoms with E-state index in [0.717, 1.165) is 21.9 Å². The molecule has 0 aliphatic rings. The van der Waals surface area contributed by atoms with Gasteiger partial charge in [-0.2, -0.15) is 5.26 Å². The lowest BCUT2D eigenvalue weighted by Crippen LogP contribution is -2.20. The summed E-state index contributed by atoms with van der Waals surface area (Å²) < 4.78 is 1.60. The Labute approximate surface area is 179 Å². The number of fused-ring (bicyclic) bond motifs is 1. The SMILES string of the molecule is N#Cc1ccccc1-c1cc(-c2ccc3ccccc3c2)cn(-c2cccnc2)c1=O.